The topological polar surface area (TPSA) is 9.23 Å². The van der Waals surface area contributed by atoms with Gasteiger partial charge in [-0.2, -0.15) is 0 Å². The highest BCUT2D eigenvalue weighted by molar-refractivity contribution is 5.33. The smallest absolute Gasteiger partial charge is 0.0351 e. The molecule has 1 aromatic carbocycles. The fourth-order valence-corrected chi connectivity index (χ4v) is 1.95. The van der Waals surface area contributed by atoms with Gasteiger partial charge in [0, 0.05) is 14.2 Å². The molecule has 0 bridgehead atoms. The largest absolute Gasteiger partial charge is 0.388 e. The Labute approximate surface area is 107 Å². The first kappa shape index (κ1) is 16.2. The fourth-order valence-electron chi connectivity index (χ4n) is 1.95. The van der Waals surface area contributed by atoms with Crippen LogP contribution in [-0.4, -0.2) is 14.2 Å². The Morgan fingerprint density at radius 3 is 2.18 bits per heavy atom. The zero-order chi connectivity index (χ0) is 13.3. The lowest BCUT2D eigenvalue weighted by atomic mass is 9.92. The number of hydrogen-bond acceptors (Lipinski definition) is 1. The third kappa shape index (κ3) is 5.88. The van der Waals surface area contributed by atoms with Crippen molar-refractivity contribution >= 4 is 0 Å². The summed E-state index contributed by atoms with van der Waals surface area (Å²) in [5.41, 5.74) is 4.47. The Hall–Kier alpha value is -0.820. The Morgan fingerprint density at radius 2 is 1.76 bits per heavy atom. The van der Waals surface area contributed by atoms with Crippen LogP contribution in [0.4, 0.5) is 0 Å². The average Bonchev–Trinajstić information content (AvgIpc) is 2.30. The summed E-state index contributed by atoms with van der Waals surface area (Å²) >= 11 is 0. The predicted molar refractivity (Wildman–Crippen MR) is 76.8 cm³/mol. The summed E-state index contributed by atoms with van der Waals surface area (Å²) in [5.74, 6) is 0.700. The molecular weight excluding hydrogens is 208 g/mol. The van der Waals surface area contributed by atoms with E-state index in [2.05, 4.69) is 50.6 Å². The minimum Gasteiger partial charge on any atom is -0.388 e. The first-order valence-electron chi connectivity index (χ1n) is 6.60. The van der Waals surface area contributed by atoms with Gasteiger partial charge in [0.15, 0.2) is 0 Å². The Balaban J connectivity index is 0.000000770. The van der Waals surface area contributed by atoms with Gasteiger partial charge in [-0.3, -0.25) is 0 Å². The van der Waals surface area contributed by atoms with Gasteiger partial charge in [0.1, 0.15) is 0 Å². The molecule has 17 heavy (non-hydrogen) atoms. The lowest BCUT2D eigenvalue weighted by Gasteiger charge is -2.13. The molecule has 0 amide bonds. The molecule has 1 aromatic rings. The van der Waals surface area contributed by atoms with Crippen molar-refractivity contribution in [3.05, 3.63) is 34.9 Å². The monoisotopic (exact) mass is 236 g/mol. The van der Waals surface area contributed by atoms with Crippen LogP contribution < -0.4 is 0 Å². The van der Waals surface area contributed by atoms with Crippen LogP contribution in [-0.2, 0) is 11.2 Å². The van der Waals surface area contributed by atoms with E-state index in [0.717, 1.165) is 0 Å². The van der Waals surface area contributed by atoms with Gasteiger partial charge in [0.2, 0.25) is 0 Å². The van der Waals surface area contributed by atoms with Crippen LogP contribution in [0.2, 0.25) is 0 Å². The van der Waals surface area contributed by atoms with Gasteiger partial charge in [0.25, 0.3) is 0 Å². The van der Waals surface area contributed by atoms with E-state index in [1.54, 1.807) is 14.2 Å². The van der Waals surface area contributed by atoms with Crippen molar-refractivity contribution in [3.63, 3.8) is 0 Å². The quantitative estimate of drug-likeness (QED) is 0.734. The zero-order valence-electron chi connectivity index (χ0n) is 12.3. The number of hydrogen-bond donors (Lipinski definition) is 0. The molecule has 0 aliphatic heterocycles. The van der Waals surface area contributed by atoms with Crippen LogP contribution in [0.1, 0.15) is 56.2 Å². The molecule has 0 aromatic heterocycles. The van der Waals surface area contributed by atoms with Crippen molar-refractivity contribution in [1.29, 1.82) is 0 Å². The van der Waals surface area contributed by atoms with E-state index in [-0.39, 0.29) is 0 Å². The van der Waals surface area contributed by atoms with E-state index >= 15 is 0 Å². The molecule has 0 fully saturated rings. The summed E-state index contributed by atoms with van der Waals surface area (Å²) in [7, 11) is 3.25. The molecule has 0 aliphatic carbocycles. The molecule has 0 saturated carbocycles. The van der Waals surface area contributed by atoms with Crippen LogP contribution in [0.3, 0.4) is 0 Å². The Morgan fingerprint density at radius 1 is 1.18 bits per heavy atom. The van der Waals surface area contributed by atoms with Gasteiger partial charge in [-0.25, -0.2) is 0 Å². The van der Waals surface area contributed by atoms with E-state index in [1.807, 2.05) is 0 Å². The summed E-state index contributed by atoms with van der Waals surface area (Å²) in [5, 5.41) is 0. The number of rotatable bonds is 4. The first-order valence-corrected chi connectivity index (χ1v) is 6.60. The van der Waals surface area contributed by atoms with Gasteiger partial charge in [-0.1, -0.05) is 45.4 Å². The number of benzene rings is 1. The standard InChI is InChI=1S/C14H22.C2H6O/c1-5-7-13-8-9-14(11(3)6-2)12(4)10-13;1-3-2/h8-11H,5-7H2,1-4H3;1-2H3/t11-;/m0./s1. The molecule has 0 radical (unpaired) electrons. The highest BCUT2D eigenvalue weighted by Gasteiger charge is 2.06. The molecular formula is C16H28O. The van der Waals surface area contributed by atoms with Gasteiger partial charge in [-0.15, -0.1) is 0 Å². The highest BCUT2D eigenvalue weighted by Crippen LogP contribution is 2.23. The minimum atomic E-state index is 0.700. The molecule has 0 heterocycles. The zero-order valence-corrected chi connectivity index (χ0v) is 12.3. The summed E-state index contributed by atoms with van der Waals surface area (Å²) in [6, 6.07) is 6.96. The lowest BCUT2D eigenvalue weighted by molar-refractivity contribution is 0.277. The Bertz CT molecular complexity index is 304. The number of ether oxygens (including phenoxy) is 1. The van der Waals surface area contributed by atoms with Crippen LogP contribution in [0.5, 0.6) is 0 Å². The lowest BCUT2D eigenvalue weighted by Crippen LogP contribution is -1.96. The van der Waals surface area contributed by atoms with Crippen molar-refractivity contribution in [2.45, 2.75) is 52.9 Å². The van der Waals surface area contributed by atoms with Crippen molar-refractivity contribution in [1.82, 2.24) is 0 Å². The molecule has 1 nitrogen and oxygen atoms in total. The third-order valence-electron chi connectivity index (χ3n) is 3.02. The molecule has 98 valence electrons. The minimum absolute atomic E-state index is 0.700. The van der Waals surface area contributed by atoms with Crippen LogP contribution in [0.15, 0.2) is 18.2 Å². The van der Waals surface area contributed by atoms with Gasteiger partial charge in [-0.05, 0) is 42.4 Å². The molecule has 1 heteroatoms. The van der Waals surface area contributed by atoms with Crippen LogP contribution >= 0.6 is 0 Å². The Kier molecular flexibility index (Phi) is 8.79. The maximum Gasteiger partial charge on any atom is 0.0351 e. The van der Waals surface area contributed by atoms with E-state index in [0.29, 0.717) is 5.92 Å². The fraction of sp³-hybridized carbons (Fsp3) is 0.625. The van der Waals surface area contributed by atoms with E-state index in [9.17, 15) is 0 Å². The SMILES string of the molecule is CCCc1ccc([C@@H](C)CC)c(C)c1.COC. The molecule has 1 rings (SSSR count). The third-order valence-corrected chi connectivity index (χ3v) is 3.02. The molecule has 0 saturated heterocycles. The van der Waals surface area contributed by atoms with Crippen molar-refractivity contribution in [3.8, 4) is 0 Å². The van der Waals surface area contributed by atoms with E-state index in [1.165, 1.54) is 36.0 Å². The molecule has 1 atom stereocenters. The second-order valence-electron chi connectivity index (χ2n) is 4.66. The molecule has 0 aliphatic rings. The van der Waals surface area contributed by atoms with Gasteiger partial charge in [0.05, 0.1) is 0 Å². The van der Waals surface area contributed by atoms with Crippen LogP contribution in [0.25, 0.3) is 0 Å². The van der Waals surface area contributed by atoms with Crippen molar-refractivity contribution in [2.24, 2.45) is 0 Å². The summed E-state index contributed by atoms with van der Waals surface area (Å²) in [6.07, 6.45) is 3.68. The molecule has 0 spiro atoms. The maximum absolute atomic E-state index is 4.25. The van der Waals surface area contributed by atoms with Gasteiger partial charge >= 0.3 is 0 Å². The summed E-state index contributed by atoms with van der Waals surface area (Å²) < 4.78 is 4.25. The van der Waals surface area contributed by atoms with E-state index in [4.69, 9.17) is 0 Å². The second-order valence-corrected chi connectivity index (χ2v) is 4.66. The molecule has 0 unspecified atom stereocenters. The maximum atomic E-state index is 4.25. The first-order chi connectivity index (χ1) is 8.10. The summed E-state index contributed by atoms with van der Waals surface area (Å²) in [4.78, 5) is 0. The second kappa shape index (κ2) is 9.23. The van der Waals surface area contributed by atoms with E-state index < -0.39 is 0 Å². The average molecular weight is 236 g/mol. The molecule has 0 N–H and O–H groups in total. The van der Waals surface area contributed by atoms with Crippen LogP contribution in [0, 0.1) is 6.92 Å². The normalized spacial score (nSPS) is 11.6. The van der Waals surface area contributed by atoms with Gasteiger partial charge < -0.3 is 4.74 Å². The van der Waals surface area contributed by atoms with Crippen molar-refractivity contribution in [2.75, 3.05) is 14.2 Å². The van der Waals surface area contributed by atoms with Crippen molar-refractivity contribution < 1.29 is 4.74 Å². The summed E-state index contributed by atoms with van der Waals surface area (Å²) in [6.45, 7) is 9.03. The number of methoxy groups -OCH3 is 1. The predicted octanol–water partition coefficient (Wildman–Crippen LogP) is 4.72. The highest BCUT2D eigenvalue weighted by atomic mass is 16.4. The number of aryl methyl sites for hydroxylation is 2.